The third kappa shape index (κ3) is 4.37. The van der Waals surface area contributed by atoms with Gasteiger partial charge in [0.25, 0.3) is 0 Å². The fraction of sp³-hybridized carbons (Fsp3) is 0.100. The number of halogens is 2. The van der Waals surface area contributed by atoms with Crippen molar-refractivity contribution in [3.8, 4) is 0 Å². The first-order chi connectivity index (χ1) is 14.4. The molecule has 2 heterocycles. The Morgan fingerprint density at radius 1 is 1.13 bits per heavy atom. The summed E-state index contributed by atoms with van der Waals surface area (Å²) in [7, 11) is 0. The van der Waals surface area contributed by atoms with Gasteiger partial charge < -0.3 is 5.32 Å². The molecule has 4 rings (SSSR count). The molecule has 2 aromatic carbocycles. The van der Waals surface area contributed by atoms with E-state index in [1.807, 2.05) is 31.2 Å². The van der Waals surface area contributed by atoms with E-state index in [1.54, 1.807) is 12.1 Å². The van der Waals surface area contributed by atoms with Gasteiger partial charge in [0.2, 0.25) is 5.91 Å². The van der Waals surface area contributed by atoms with Crippen LogP contribution in [0.5, 0.6) is 0 Å². The van der Waals surface area contributed by atoms with Crippen molar-refractivity contribution in [1.82, 2.24) is 19.4 Å². The van der Waals surface area contributed by atoms with E-state index in [2.05, 4.69) is 15.5 Å². The van der Waals surface area contributed by atoms with Crippen LogP contribution in [0.1, 0.15) is 5.56 Å². The second-order valence-corrected chi connectivity index (χ2v) is 7.97. The Morgan fingerprint density at radius 2 is 1.90 bits per heavy atom. The van der Waals surface area contributed by atoms with Crippen molar-refractivity contribution in [2.75, 3.05) is 5.32 Å². The first-order valence-electron chi connectivity index (χ1n) is 8.85. The highest BCUT2D eigenvalue weighted by atomic mass is 35.5. The summed E-state index contributed by atoms with van der Waals surface area (Å²) in [6.45, 7) is 1.69. The van der Waals surface area contributed by atoms with E-state index >= 15 is 0 Å². The molecule has 0 saturated heterocycles. The van der Waals surface area contributed by atoms with Gasteiger partial charge in [0.15, 0.2) is 5.65 Å². The van der Waals surface area contributed by atoms with Gasteiger partial charge in [-0.15, -0.1) is 5.10 Å². The van der Waals surface area contributed by atoms with E-state index in [-0.39, 0.29) is 11.6 Å². The maximum absolute atomic E-state index is 13.2. The third-order valence-corrected chi connectivity index (χ3v) is 5.38. The Kier molecular flexibility index (Phi) is 5.56. The highest BCUT2D eigenvalue weighted by molar-refractivity contribution is 7.99. The van der Waals surface area contributed by atoms with E-state index in [4.69, 9.17) is 11.6 Å². The van der Waals surface area contributed by atoms with Crippen LogP contribution in [0.25, 0.3) is 5.65 Å². The number of hydrogen-bond acceptors (Lipinski definition) is 5. The number of carbonyl (C=O) groups excluding carboxylic acids is 1. The van der Waals surface area contributed by atoms with Crippen molar-refractivity contribution in [2.24, 2.45) is 0 Å². The van der Waals surface area contributed by atoms with Gasteiger partial charge in [-0.05, 0) is 49.4 Å². The molecule has 4 aromatic rings. The molecular weight excluding hydrogens is 429 g/mol. The molecule has 0 fully saturated rings. The minimum absolute atomic E-state index is 0.111. The first-order valence-corrected chi connectivity index (χ1v) is 10.0. The molecule has 0 saturated carbocycles. The van der Waals surface area contributed by atoms with Gasteiger partial charge >= 0.3 is 5.69 Å². The summed E-state index contributed by atoms with van der Waals surface area (Å²) in [6.07, 6.45) is 0. The van der Waals surface area contributed by atoms with Crippen molar-refractivity contribution < 1.29 is 9.18 Å². The number of amides is 1. The first kappa shape index (κ1) is 20.1. The number of benzene rings is 2. The van der Waals surface area contributed by atoms with Crippen LogP contribution in [-0.4, -0.2) is 25.3 Å². The van der Waals surface area contributed by atoms with Crippen LogP contribution in [0.2, 0.25) is 5.02 Å². The molecule has 1 N–H and O–H groups in total. The monoisotopic (exact) mass is 443 g/mol. The standard InChI is InChI=1S/C20H15ClFN5O2S/c1-12-2-5-14(6-3-12)30-19-9-8-17-24-26(20(29)27(17)25-19)11-18(28)23-13-4-7-16(22)15(21)10-13/h2-10H,11H2,1H3,(H,23,28). The van der Waals surface area contributed by atoms with Crippen LogP contribution in [0.15, 0.2) is 69.3 Å². The van der Waals surface area contributed by atoms with Gasteiger partial charge in [0, 0.05) is 10.6 Å². The molecule has 1 amide bonds. The maximum atomic E-state index is 13.2. The molecule has 0 radical (unpaired) electrons. The largest absolute Gasteiger partial charge is 0.367 e. The number of nitrogens with zero attached hydrogens (tertiary/aromatic N) is 4. The molecule has 0 aliphatic carbocycles. The number of aryl methyl sites for hydroxylation is 1. The summed E-state index contributed by atoms with van der Waals surface area (Å²) < 4.78 is 15.4. The number of fused-ring (bicyclic) bond motifs is 1. The van der Waals surface area contributed by atoms with E-state index < -0.39 is 17.4 Å². The lowest BCUT2D eigenvalue weighted by molar-refractivity contribution is -0.117. The summed E-state index contributed by atoms with van der Waals surface area (Å²) in [5.41, 5.74) is 1.26. The predicted molar refractivity (Wildman–Crippen MR) is 113 cm³/mol. The van der Waals surface area contributed by atoms with Crippen LogP contribution in [0.3, 0.4) is 0 Å². The quantitative estimate of drug-likeness (QED) is 0.507. The van der Waals surface area contributed by atoms with E-state index in [9.17, 15) is 14.0 Å². The normalized spacial score (nSPS) is 11.0. The molecule has 2 aromatic heterocycles. The summed E-state index contributed by atoms with van der Waals surface area (Å²) in [5.74, 6) is -1.09. The van der Waals surface area contributed by atoms with Gasteiger partial charge in [0.1, 0.15) is 17.4 Å². The fourth-order valence-electron chi connectivity index (χ4n) is 2.69. The number of anilines is 1. The zero-order valence-electron chi connectivity index (χ0n) is 15.7. The van der Waals surface area contributed by atoms with E-state index in [0.29, 0.717) is 16.4 Å². The number of carbonyl (C=O) groups is 1. The van der Waals surface area contributed by atoms with Crippen LogP contribution in [0.4, 0.5) is 10.1 Å². The highest BCUT2D eigenvalue weighted by Gasteiger charge is 2.13. The van der Waals surface area contributed by atoms with E-state index in [0.717, 1.165) is 25.7 Å². The highest BCUT2D eigenvalue weighted by Crippen LogP contribution is 2.25. The minimum atomic E-state index is -0.586. The van der Waals surface area contributed by atoms with Crippen molar-refractivity contribution >= 4 is 40.6 Å². The predicted octanol–water partition coefficient (Wildman–Crippen LogP) is 3.78. The zero-order chi connectivity index (χ0) is 21.3. The fourth-order valence-corrected chi connectivity index (χ4v) is 3.64. The van der Waals surface area contributed by atoms with Crippen LogP contribution < -0.4 is 11.0 Å². The SMILES string of the molecule is Cc1ccc(Sc2ccc3nn(CC(=O)Nc4ccc(F)c(Cl)c4)c(=O)n3n2)cc1. The Labute approximate surface area is 179 Å². The molecule has 0 bridgehead atoms. The lowest BCUT2D eigenvalue weighted by Gasteiger charge is -2.05. The lowest BCUT2D eigenvalue weighted by Crippen LogP contribution is -2.28. The van der Waals surface area contributed by atoms with Gasteiger partial charge in [-0.2, -0.15) is 9.61 Å². The average Bonchev–Trinajstić information content (AvgIpc) is 3.02. The summed E-state index contributed by atoms with van der Waals surface area (Å²) in [5, 5.41) is 11.5. The van der Waals surface area contributed by atoms with Crippen molar-refractivity contribution in [3.05, 3.63) is 81.5 Å². The molecule has 10 heteroatoms. The Balaban J connectivity index is 1.52. The number of hydrogen-bond donors (Lipinski definition) is 1. The number of aromatic nitrogens is 4. The summed E-state index contributed by atoms with van der Waals surface area (Å²) >= 11 is 7.13. The molecule has 30 heavy (non-hydrogen) atoms. The van der Waals surface area contributed by atoms with Crippen LogP contribution in [0, 0.1) is 12.7 Å². The maximum Gasteiger partial charge on any atom is 0.367 e. The average molecular weight is 444 g/mol. The lowest BCUT2D eigenvalue weighted by atomic mass is 10.2. The molecule has 0 aliphatic heterocycles. The molecule has 0 spiro atoms. The summed E-state index contributed by atoms with van der Waals surface area (Å²) in [6, 6.07) is 15.2. The summed E-state index contributed by atoms with van der Waals surface area (Å²) in [4.78, 5) is 25.9. The number of nitrogens with one attached hydrogen (secondary N) is 1. The smallest absolute Gasteiger partial charge is 0.324 e. The van der Waals surface area contributed by atoms with Gasteiger partial charge in [-0.25, -0.2) is 13.9 Å². The second-order valence-electron chi connectivity index (χ2n) is 6.47. The van der Waals surface area contributed by atoms with Gasteiger partial charge in [-0.1, -0.05) is 41.1 Å². The zero-order valence-corrected chi connectivity index (χ0v) is 17.2. The number of rotatable bonds is 5. The molecule has 0 aliphatic rings. The third-order valence-electron chi connectivity index (χ3n) is 4.16. The van der Waals surface area contributed by atoms with Gasteiger partial charge in [-0.3, -0.25) is 4.79 Å². The minimum Gasteiger partial charge on any atom is -0.324 e. The molecular formula is C20H15ClFN5O2S. The Hall–Kier alpha value is -3.17. The van der Waals surface area contributed by atoms with Crippen LogP contribution >= 0.6 is 23.4 Å². The molecule has 0 unspecified atom stereocenters. The Bertz CT molecular complexity index is 1300. The second kappa shape index (κ2) is 8.29. The Morgan fingerprint density at radius 3 is 2.63 bits per heavy atom. The van der Waals surface area contributed by atoms with E-state index in [1.165, 1.54) is 23.9 Å². The van der Waals surface area contributed by atoms with Crippen molar-refractivity contribution in [1.29, 1.82) is 0 Å². The molecule has 152 valence electrons. The van der Waals surface area contributed by atoms with Gasteiger partial charge in [0.05, 0.1) is 5.02 Å². The molecule has 7 nitrogen and oxygen atoms in total. The van der Waals surface area contributed by atoms with Crippen molar-refractivity contribution in [2.45, 2.75) is 23.4 Å². The van der Waals surface area contributed by atoms with Crippen LogP contribution in [-0.2, 0) is 11.3 Å². The topological polar surface area (TPSA) is 81.3 Å². The van der Waals surface area contributed by atoms with Crippen molar-refractivity contribution in [3.63, 3.8) is 0 Å². The molecule has 0 atom stereocenters.